The maximum absolute atomic E-state index is 14.0. The van der Waals surface area contributed by atoms with Crippen LogP contribution in [0.1, 0.15) is 93.3 Å². The van der Waals surface area contributed by atoms with E-state index in [1.807, 2.05) is 56.3 Å². The van der Waals surface area contributed by atoms with Gasteiger partial charge in [-0.15, -0.1) is 0 Å². The lowest BCUT2D eigenvalue weighted by molar-refractivity contribution is -0.135. The zero-order valence-corrected chi connectivity index (χ0v) is 29.0. The average Bonchev–Trinajstić information content (AvgIpc) is 3.82. The standard InChI is InChI=1S/C37H41N5O8/c1-17(2)26-33-42-27(32-39-24(16-47-32)34(46)50-36(5,6)7)29(49-33)37-20-10-8-9-11-22(20)40-35(37)48-25-13-12-19(14-21(25)37)15-23(30(44)41-26)38-31(45)28(43)18(3)4/h8-14,16-18,23,26,28,35,40,43H,15H2,1-7H3,(H,38,45)(H,41,44)/t23-,26-,28-,35-,37?/m0/s1. The molecule has 5 atom stereocenters. The summed E-state index contributed by atoms with van der Waals surface area (Å²) >= 11 is 0. The summed E-state index contributed by atoms with van der Waals surface area (Å²) in [6, 6.07) is 11.6. The maximum Gasteiger partial charge on any atom is 0.360 e. The van der Waals surface area contributed by atoms with E-state index in [9.17, 15) is 19.5 Å². The Bertz CT molecular complexity index is 1990. The number of carbonyl (C=O) groups excluding carboxylic acids is 3. The number of oxazole rings is 2. The summed E-state index contributed by atoms with van der Waals surface area (Å²) in [7, 11) is 0. The number of carbonyl (C=O) groups is 3. The number of esters is 1. The van der Waals surface area contributed by atoms with Gasteiger partial charge < -0.3 is 39.4 Å². The van der Waals surface area contributed by atoms with Crippen LogP contribution in [0.25, 0.3) is 11.6 Å². The minimum atomic E-state index is -1.30. The molecule has 13 nitrogen and oxygen atoms in total. The highest BCUT2D eigenvalue weighted by atomic mass is 16.6. The van der Waals surface area contributed by atoms with Gasteiger partial charge in [-0.2, -0.15) is 0 Å². The Labute approximate surface area is 289 Å². The fourth-order valence-corrected chi connectivity index (χ4v) is 6.81. The number of amides is 2. The summed E-state index contributed by atoms with van der Waals surface area (Å²) in [5, 5.41) is 19.9. The monoisotopic (exact) mass is 683 g/mol. The van der Waals surface area contributed by atoms with Crippen LogP contribution >= 0.6 is 0 Å². The number of nitrogens with one attached hydrogen (secondary N) is 3. The Morgan fingerprint density at radius 2 is 1.82 bits per heavy atom. The molecule has 5 heterocycles. The Kier molecular flexibility index (Phi) is 8.00. The molecule has 2 aromatic carbocycles. The second-order valence-electron chi connectivity index (χ2n) is 14.8. The van der Waals surface area contributed by atoms with Gasteiger partial charge in [0, 0.05) is 17.7 Å². The van der Waals surface area contributed by atoms with E-state index in [1.165, 1.54) is 6.26 Å². The van der Waals surface area contributed by atoms with Crippen LogP contribution in [-0.2, 0) is 26.2 Å². The van der Waals surface area contributed by atoms with Crippen molar-refractivity contribution in [3.8, 4) is 17.3 Å². The number of ether oxygens (including phenoxy) is 2. The highest BCUT2D eigenvalue weighted by Crippen LogP contribution is 2.59. The molecular formula is C37H41N5O8. The van der Waals surface area contributed by atoms with Crippen molar-refractivity contribution in [3.05, 3.63) is 82.8 Å². The van der Waals surface area contributed by atoms with Crippen LogP contribution < -0.4 is 20.7 Å². The van der Waals surface area contributed by atoms with Gasteiger partial charge >= 0.3 is 5.97 Å². The first kappa shape index (κ1) is 33.3. The molecule has 4 N–H and O–H groups in total. The third-order valence-corrected chi connectivity index (χ3v) is 9.27. The molecule has 4 aromatic rings. The van der Waals surface area contributed by atoms with E-state index >= 15 is 0 Å². The molecule has 262 valence electrons. The number of hydrogen-bond acceptors (Lipinski definition) is 11. The van der Waals surface area contributed by atoms with Gasteiger partial charge in [0.1, 0.15) is 41.2 Å². The Balaban J connectivity index is 1.45. The van der Waals surface area contributed by atoms with E-state index in [1.54, 1.807) is 34.6 Å². The quantitative estimate of drug-likeness (QED) is 0.208. The molecule has 2 amide bonds. The lowest BCUT2D eigenvalue weighted by Crippen LogP contribution is -2.52. The molecule has 0 fully saturated rings. The predicted octanol–water partition coefficient (Wildman–Crippen LogP) is 4.63. The fraction of sp³-hybridized carbons (Fsp3) is 0.432. The first-order valence-corrected chi connectivity index (χ1v) is 16.8. The van der Waals surface area contributed by atoms with E-state index in [2.05, 4.69) is 20.9 Å². The predicted molar refractivity (Wildman–Crippen MR) is 180 cm³/mol. The van der Waals surface area contributed by atoms with Crippen molar-refractivity contribution >= 4 is 23.5 Å². The lowest BCUT2D eigenvalue weighted by atomic mass is 9.72. The van der Waals surface area contributed by atoms with Gasteiger partial charge in [-0.3, -0.25) is 9.59 Å². The summed E-state index contributed by atoms with van der Waals surface area (Å²) in [4.78, 5) is 49.6. The molecule has 7 rings (SSSR count). The van der Waals surface area contributed by atoms with E-state index < -0.39 is 53.2 Å². The highest BCUT2D eigenvalue weighted by molar-refractivity contribution is 5.90. The average molecular weight is 684 g/mol. The number of aliphatic hydroxyl groups excluding tert-OH is 1. The number of nitrogens with zero attached hydrogens (tertiary/aromatic N) is 2. The van der Waals surface area contributed by atoms with E-state index in [0.29, 0.717) is 11.5 Å². The van der Waals surface area contributed by atoms with Gasteiger partial charge in [-0.25, -0.2) is 14.8 Å². The first-order chi connectivity index (χ1) is 23.7. The normalized spacial score (nSPS) is 22.8. The first-order valence-electron chi connectivity index (χ1n) is 16.8. The van der Waals surface area contributed by atoms with Crippen molar-refractivity contribution in [3.63, 3.8) is 0 Å². The molecule has 3 aliphatic rings. The molecule has 50 heavy (non-hydrogen) atoms. The molecule has 0 aliphatic carbocycles. The van der Waals surface area contributed by atoms with Crippen LogP contribution in [0.3, 0.4) is 0 Å². The molecule has 13 heteroatoms. The second-order valence-corrected chi connectivity index (χ2v) is 14.8. The number of rotatable bonds is 6. The minimum Gasteiger partial charge on any atom is -0.469 e. The lowest BCUT2D eigenvalue weighted by Gasteiger charge is -2.29. The summed E-state index contributed by atoms with van der Waals surface area (Å²) in [6.45, 7) is 12.6. The van der Waals surface area contributed by atoms with Gasteiger partial charge in [-0.1, -0.05) is 58.0 Å². The van der Waals surface area contributed by atoms with E-state index in [-0.39, 0.29) is 41.4 Å². The number of hydrogen-bond donors (Lipinski definition) is 4. The molecule has 0 radical (unpaired) electrons. The molecule has 1 unspecified atom stereocenters. The number of para-hydroxylation sites is 1. The molecule has 1 spiro atoms. The van der Waals surface area contributed by atoms with Crippen LogP contribution in [-0.4, -0.2) is 56.8 Å². The smallest absolute Gasteiger partial charge is 0.360 e. The zero-order valence-electron chi connectivity index (χ0n) is 29.0. The number of anilines is 1. The van der Waals surface area contributed by atoms with Crippen molar-refractivity contribution in [2.45, 2.75) is 90.3 Å². The van der Waals surface area contributed by atoms with Crippen molar-refractivity contribution < 1.29 is 37.8 Å². The van der Waals surface area contributed by atoms with E-state index in [0.717, 1.165) is 22.4 Å². The molecule has 0 saturated carbocycles. The van der Waals surface area contributed by atoms with Gasteiger partial charge in [0.05, 0.1) is 0 Å². The van der Waals surface area contributed by atoms with Crippen molar-refractivity contribution in [1.29, 1.82) is 0 Å². The van der Waals surface area contributed by atoms with Crippen molar-refractivity contribution in [2.24, 2.45) is 11.8 Å². The summed E-state index contributed by atoms with van der Waals surface area (Å²) in [5.41, 5.74) is 1.49. The van der Waals surface area contributed by atoms with Gasteiger partial charge in [0.25, 0.3) is 0 Å². The Morgan fingerprint density at radius 3 is 2.54 bits per heavy atom. The minimum absolute atomic E-state index is 0.0227. The largest absolute Gasteiger partial charge is 0.469 e. The van der Waals surface area contributed by atoms with Crippen LogP contribution in [0.4, 0.5) is 5.69 Å². The highest BCUT2D eigenvalue weighted by Gasteiger charge is 2.61. The number of aromatic nitrogens is 2. The molecular weight excluding hydrogens is 642 g/mol. The van der Waals surface area contributed by atoms with Gasteiger partial charge in [-0.05, 0) is 55.9 Å². The van der Waals surface area contributed by atoms with Gasteiger partial charge in [0.15, 0.2) is 23.4 Å². The van der Waals surface area contributed by atoms with Crippen LogP contribution in [0.15, 0.2) is 57.6 Å². The molecule has 2 aromatic heterocycles. The van der Waals surface area contributed by atoms with E-state index in [4.69, 9.17) is 23.3 Å². The summed E-state index contributed by atoms with van der Waals surface area (Å²) in [5.74, 6) is -1.22. The number of benzene rings is 2. The third kappa shape index (κ3) is 5.49. The Morgan fingerprint density at radius 1 is 1.06 bits per heavy atom. The van der Waals surface area contributed by atoms with Crippen molar-refractivity contribution in [2.75, 3.05) is 5.32 Å². The zero-order chi connectivity index (χ0) is 35.7. The van der Waals surface area contributed by atoms with Crippen LogP contribution in [0, 0.1) is 11.8 Å². The third-order valence-electron chi connectivity index (χ3n) is 9.27. The summed E-state index contributed by atoms with van der Waals surface area (Å²) < 4.78 is 24.9. The second kappa shape index (κ2) is 12.0. The van der Waals surface area contributed by atoms with Crippen molar-refractivity contribution in [1.82, 2.24) is 20.6 Å². The van der Waals surface area contributed by atoms with Crippen LogP contribution in [0.2, 0.25) is 0 Å². The Hall–Kier alpha value is -5.17. The number of fused-ring (bicyclic) bond motifs is 4. The summed E-state index contributed by atoms with van der Waals surface area (Å²) in [6.07, 6.45) is -0.610. The molecule has 0 saturated heterocycles. The van der Waals surface area contributed by atoms with Gasteiger partial charge in [0.2, 0.25) is 23.6 Å². The van der Waals surface area contributed by atoms with Crippen LogP contribution in [0.5, 0.6) is 5.75 Å². The molecule has 3 aliphatic heterocycles. The fourth-order valence-electron chi connectivity index (χ4n) is 6.81. The topological polar surface area (TPSA) is 178 Å². The molecule has 4 bridgehead atoms. The SMILES string of the molecule is CC(C)[C@H](O)C(=O)N[C@H]1Cc2ccc3c(c2)C2(c4ccccc4N[C@H]2O3)c2oc(nc2-c2nc(C(=O)OC(C)(C)C)co2)[C@H](C(C)C)NC1=O. The number of aliphatic hydroxyl groups is 1. The maximum atomic E-state index is 14.0.